The second-order valence-corrected chi connectivity index (χ2v) is 7.11. The summed E-state index contributed by atoms with van der Waals surface area (Å²) in [5, 5.41) is 5.12. The number of carbonyl (C=O) groups is 1. The molecule has 1 aromatic rings. The number of hydrogen-bond acceptors (Lipinski definition) is 3. The van der Waals surface area contributed by atoms with Crippen molar-refractivity contribution < 1.29 is 27.1 Å². The van der Waals surface area contributed by atoms with Crippen LogP contribution in [-0.2, 0) is 15.2 Å². The van der Waals surface area contributed by atoms with Crippen LogP contribution >= 0.6 is 11.6 Å². The molecule has 0 aliphatic heterocycles. The van der Waals surface area contributed by atoms with Gasteiger partial charge in [0.1, 0.15) is 0 Å². The SMILES string of the molecule is CCCCS(=O)(=O)c1c(C(F)(F)Cl)ccc(C(=O)O)c1C. The first-order valence-corrected chi connectivity index (χ1v) is 8.22. The molecule has 0 aromatic heterocycles. The molecule has 0 aliphatic rings. The number of carboxylic acids is 1. The van der Waals surface area contributed by atoms with Gasteiger partial charge in [0, 0.05) is 0 Å². The Morgan fingerprint density at radius 3 is 2.38 bits per heavy atom. The molecule has 1 aromatic carbocycles. The average molecular weight is 341 g/mol. The molecule has 8 heteroatoms. The molecule has 0 bridgehead atoms. The lowest BCUT2D eigenvalue weighted by Crippen LogP contribution is -2.18. The fraction of sp³-hybridized carbons (Fsp3) is 0.462. The summed E-state index contributed by atoms with van der Waals surface area (Å²) < 4.78 is 51.4. The van der Waals surface area contributed by atoms with E-state index >= 15 is 0 Å². The maximum atomic E-state index is 13.4. The zero-order valence-electron chi connectivity index (χ0n) is 11.5. The maximum Gasteiger partial charge on any atom is 0.349 e. The molecule has 118 valence electrons. The van der Waals surface area contributed by atoms with Crippen LogP contribution in [0.1, 0.15) is 41.3 Å². The molecular formula is C13H15ClF2O4S. The fourth-order valence-electron chi connectivity index (χ4n) is 1.98. The van der Waals surface area contributed by atoms with Gasteiger partial charge in [-0.3, -0.25) is 0 Å². The summed E-state index contributed by atoms with van der Waals surface area (Å²) in [5.41, 5.74) is -1.45. The van der Waals surface area contributed by atoms with Crippen LogP contribution in [-0.4, -0.2) is 25.2 Å². The highest BCUT2D eigenvalue weighted by Crippen LogP contribution is 2.39. The molecule has 0 heterocycles. The number of rotatable bonds is 6. The third-order valence-corrected chi connectivity index (χ3v) is 5.20. The topological polar surface area (TPSA) is 71.4 Å². The molecule has 1 N–H and O–H groups in total. The first-order chi connectivity index (χ1) is 9.52. The third-order valence-electron chi connectivity index (χ3n) is 3.02. The van der Waals surface area contributed by atoms with Crippen LogP contribution in [0.4, 0.5) is 8.78 Å². The van der Waals surface area contributed by atoms with E-state index in [2.05, 4.69) is 0 Å². The van der Waals surface area contributed by atoms with Gasteiger partial charge in [0.05, 0.1) is 21.8 Å². The minimum Gasteiger partial charge on any atom is -0.478 e. The molecule has 0 spiro atoms. The van der Waals surface area contributed by atoms with Crippen molar-refractivity contribution in [2.45, 2.75) is 37.0 Å². The Kier molecular flexibility index (Phi) is 5.33. The highest BCUT2D eigenvalue weighted by Gasteiger charge is 2.37. The Hall–Kier alpha value is -1.21. The quantitative estimate of drug-likeness (QED) is 0.804. The van der Waals surface area contributed by atoms with E-state index in [1.165, 1.54) is 6.92 Å². The molecule has 0 saturated carbocycles. The number of benzene rings is 1. The van der Waals surface area contributed by atoms with Crippen molar-refractivity contribution in [2.24, 2.45) is 0 Å². The molecule has 0 saturated heterocycles. The molecular weight excluding hydrogens is 326 g/mol. The Bertz CT molecular complexity index is 651. The summed E-state index contributed by atoms with van der Waals surface area (Å²) in [6, 6.07) is 1.68. The number of alkyl halides is 3. The molecule has 21 heavy (non-hydrogen) atoms. The summed E-state index contributed by atoms with van der Waals surface area (Å²) in [4.78, 5) is 10.4. The van der Waals surface area contributed by atoms with Crippen LogP contribution in [0.15, 0.2) is 17.0 Å². The van der Waals surface area contributed by atoms with Gasteiger partial charge < -0.3 is 5.11 Å². The zero-order chi connectivity index (χ0) is 16.4. The van der Waals surface area contributed by atoms with Gasteiger partial charge in [-0.1, -0.05) is 13.3 Å². The van der Waals surface area contributed by atoms with E-state index in [9.17, 15) is 22.0 Å². The van der Waals surface area contributed by atoms with Crippen LogP contribution in [0.2, 0.25) is 0 Å². The van der Waals surface area contributed by atoms with E-state index in [0.29, 0.717) is 6.42 Å². The summed E-state index contributed by atoms with van der Waals surface area (Å²) in [6.07, 6.45) is 0.843. The van der Waals surface area contributed by atoms with Crippen molar-refractivity contribution in [1.29, 1.82) is 0 Å². The van der Waals surface area contributed by atoms with Crippen LogP contribution in [0.5, 0.6) is 0 Å². The summed E-state index contributed by atoms with van der Waals surface area (Å²) in [5.74, 6) is -1.73. The van der Waals surface area contributed by atoms with Crippen LogP contribution in [0, 0.1) is 6.92 Å². The van der Waals surface area contributed by atoms with Crippen LogP contribution in [0.3, 0.4) is 0 Å². The van der Waals surface area contributed by atoms with E-state index in [4.69, 9.17) is 16.7 Å². The maximum absolute atomic E-state index is 13.4. The van der Waals surface area contributed by atoms with Gasteiger partial charge >= 0.3 is 11.4 Å². The molecule has 4 nitrogen and oxygen atoms in total. The Morgan fingerprint density at radius 2 is 1.95 bits per heavy atom. The minimum absolute atomic E-state index is 0.226. The molecule has 1 rings (SSSR count). The molecule has 0 aliphatic carbocycles. The highest BCUT2D eigenvalue weighted by molar-refractivity contribution is 7.91. The van der Waals surface area contributed by atoms with E-state index in [0.717, 1.165) is 12.1 Å². The summed E-state index contributed by atoms with van der Waals surface area (Å²) in [7, 11) is -4.05. The van der Waals surface area contributed by atoms with Crippen molar-refractivity contribution >= 4 is 27.4 Å². The second kappa shape index (κ2) is 6.27. The molecule has 0 radical (unpaired) electrons. The van der Waals surface area contributed by atoms with Gasteiger partial charge in [0.15, 0.2) is 9.84 Å². The van der Waals surface area contributed by atoms with Gasteiger partial charge in [0.25, 0.3) is 0 Å². The first-order valence-electron chi connectivity index (χ1n) is 6.19. The average Bonchev–Trinajstić information content (AvgIpc) is 2.34. The number of unbranched alkanes of at least 4 members (excludes halogenated alkanes) is 1. The normalized spacial score (nSPS) is 12.4. The van der Waals surface area contributed by atoms with Crippen LogP contribution < -0.4 is 0 Å². The van der Waals surface area contributed by atoms with Gasteiger partial charge in [-0.25, -0.2) is 13.2 Å². The lowest BCUT2D eigenvalue weighted by atomic mass is 10.0. The molecule has 0 unspecified atom stereocenters. The number of carboxylic acid groups (broad SMARTS) is 1. The third kappa shape index (κ3) is 3.91. The van der Waals surface area contributed by atoms with Gasteiger partial charge in [-0.15, -0.1) is 0 Å². The van der Waals surface area contributed by atoms with Crippen molar-refractivity contribution in [1.82, 2.24) is 0 Å². The first kappa shape index (κ1) is 17.8. The number of aromatic carboxylic acids is 1. The van der Waals surface area contributed by atoms with Crippen molar-refractivity contribution in [3.05, 3.63) is 28.8 Å². The van der Waals surface area contributed by atoms with E-state index in [1.807, 2.05) is 0 Å². The van der Waals surface area contributed by atoms with Crippen molar-refractivity contribution in [3.63, 3.8) is 0 Å². The standard InChI is InChI=1S/C13H15ClF2O4S/c1-3-4-7-21(19,20)11-8(2)9(12(17)18)5-6-10(11)13(14,15)16/h5-6H,3-4,7H2,1-2H3,(H,17,18). The number of hydrogen-bond donors (Lipinski definition) is 1. The molecule has 0 atom stereocenters. The van der Waals surface area contributed by atoms with Gasteiger partial charge in [-0.05, 0) is 42.6 Å². The highest BCUT2D eigenvalue weighted by atomic mass is 35.5. The van der Waals surface area contributed by atoms with E-state index in [-0.39, 0.29) is 23.3 Å². The minimum atomic E-state index is -4.05. The number of sulfone groups is 1. The smallest absolute Gasteiger partial charge is 0.349 e. The Labute approximate surface area is 126 Å². The van der Waals surface area contributed by atoms with Crippen molar-refractivity contribution in [2.75, 3.05) is 5.75 Å². The van der Waals surface area contributed by atoms with E-state index in [1.54, 1.807) is 6.92 Å². The number of halogens is 3. The monoisotopic (exact) mass is 340 g/mol. The summed E-state index contributed by atoms with van der Waals surface area (Å²) in [6.45, 7) is 2.95. The summed E-state index contributed by atoms with van der Waals surface area (Å²) >= 11 is 4.96. The predicted octanol–water partition coefficient (Wildman–Crippen LogP) is 3.56. The predicted molar refractivity (Wildman–Crippen MR) is 74.8 cm³/mol. The fourth-order valence-corrected chi connectivity index (χ4v) is 4.18. The van der Waals surface area contributed by atoms with E-state index < -0.39 is 31.6 Å². The Balaban J connectivity index is 3.66. The molecule has 0 amide bonds. The van der Waals surface area contributed by atoms with Gasteiger partial charge in [-0.2, -0.15) is 8.78 Å². The van der Waals surface area contributed by atoms with Crippen molar-refractivity contribution in [3.8, 4) is 0 Å². The largest absolute Gasteiger partial charge is 0.478 e. The second-order valence-electron chi connectivity index (χ2n) is 4.59. The molecule has 0 fully saturated rings. The van der Waals surface area contributed by atoms with Gasteiger partial charge in [0.2, 0.25) is 0 Å². The van der Waals surface area contributed by atoms with Crippen LogP contribution in [0.25, 0.3) is 0 Å². The lowest BCUT2D eigenvalue weighted by molar-refractivity contribution is 0.0693. The lowest BCUT2D eigenvalue weighted by Gasteiger charge is -2.18. The zero-order valence-corrected chi connectivity index (χ0v) is 13.1. The Morgan fingerprint density at radius 1 is 1.38 bits per heavy atom.